The van der Waals surface area contributed by atoms with Crippen LogP contribution in [0.3, 0.4) is 0 Å². The number of rotatable bonds is 3. The third kappa shape index (κ3) is 3.31. The summed E-state index contributed by atoms with van der Waals surface area (Å²) in [4.78, 5) is 10.9. The monoisotopic (exact) mass is 275 g/mol. The molecule has 0 spiro atoms. The first kappa shape index (κ1) is 11.5. The maximum atomic E-state index is 10.9. The van der Waals surface area contributed by atoms with E-state index in [4.69, 9.17) is 11.6 Å². The number of carbonyl (C=O) groups is 1. The molecule has 76 valence electrons. The summed E-state index contributed by atoms with van der Waals surface area (Å²) in [6, 6.07) is 5.96. The molecule has 1 aromatic rings. The summed E-state index contributed by atoms with van der Waals surface area (Å²) in [7, 11) is 0. The van der Waals surface area contributed by atoms with Gasteiger partial charge in [-0.15, -0.1) is 11.6 Å². The molecule has 1 amide bonds. The van der Waals surface area contributed by atoms with E-state index in [1.54, 1.807) is 0 Å². The van der Waals surface area contributed by atoms with Crippen molar-refractivity contribution >= 4 is 33.4 Å². The van der Waals surface area contributed by atoms with E-state index in [0.717, 1.165) is 15.6 Å². The zero-order chi connectivity index (χ0) is 10.6. The molecule has 0 radical (unpaired) electrons. The minimum atomic E-state index is -0.146. The number of amides is 1. The molecule has 0 heterocycles. The van der Waals surface area contributed by atoms with Crippen LogP contribution >= 0.6 is 27.5 Å². The highest BCUT2D eigenvalue weighted by Gasteiger charge is 2.00. The summed E-state index contributed by atoms with van der Waals surface area (Å²) in [5.74, 6) is -0.137. The molecule has 1 rings (SSSR count). The highest BCUT2D eigenvalue weighted by Crippen LogP contribution is 2.16. The van der Waals surface area contributed by atoms with Crippen LogP contribution in [0.5, 0.6) is 0 Å². The topological polar surface area (TPSA) is 29.1 Å². The molecular weight excluding hydrogens is 265 g/mol. The highest BCUT2D eigenvalue weighted by molar-refractivity contribution is 9.10. The van der Waals surface area contributed by atoms with Crippen LogP contribution in [0.4, 0.5) is 0 Å². The van der Waals surface area contributed by atoms with E-state index in [0.29, 0.717) is 6.54 Å². The Labute approximate surface area is 96.8 Å². The van der Waals surface area contributed by atoms with Gasteiger partial charge in [-0.05, 0) is 24.1 Å². The fraction of sp³-hybridized carbons (Fsp3) is 0.300. The van der Waals surface area contributed by atoms with Gasteiger partial charge in [-0.1, -0.05) is 28.1 Å². The number of hydrogen-bond donors (Lipinski definition) is 1. The molecule has 1 N–H and O–H groups in total. The van der Waals surface area contributed by atoms with E-state index in [1.807, 2.05) is 25.1 Å². The molecule has 0 unspecified atom stereocenters. The first-order valence-corrected chi connectivity index (χ1v) is 5.54. The minimum absolute atomic E-state index is 0.00943. The summed E-state index contributed by atoms with van der Waals surface area (Å²) < 4.78 is 1.07. The predicted octanol–water partition coefficient (Wildman–Crippen LogP) is 2.61. The zero-order valence-electron chi connectivity index (χ0n) is 7.81. The van der Waals surface area contributed by atoms with Gasteiger partial charge in [0.25, 0.3) is 0 Å². The Morgan fingerprint density at radius 2 is 2.29 bits per heavy atom. The van der Waals surface area contributed by atoms with Crippen LogP contribution in [0.2, 0.25) is 0 Å². The third-order valence-electron chi connectivity index (χ3n) is 1.83. The molecule has 0 fully saturated rings. The van der Waals surface area contributed by atoms with Gasteiger partial charge < -0.3 is 5.32 Å². The molecule has 0 aromatic heterocycles. The molecule has 0 aliphatic heterocycles. The molecule has 0 aliphatic rings. The molecule has 0 aliphatic carbocycles. The third-order valence-corrected chi connectivity index (χ3v) is 2.97. The van der Waals surface area contributed by atoms with Gasteiger partial charge in [-0.3, -0.25) is 4.79 Å². The summed E-state index contributed by atoms with van der Waals surface area (Å²) in [6.07, 6.45) is 0. The van der Waals surface area contributed by atoms with Crippen molar-refractivity contribution in [3.8, 4) is 0 Å². The second-order valence-corrected chi connectivity index (χ2v) is 4.12. The van der Waals surface area contributed by atoms with Crippen molar-refractivity contribution in [2.75, 3.05) is 5.88 Å². The lowest BCUT2D eigenvalue weighted by atomic mass is 10.1. The first-order chi connectivity index (χ1) is 6.63. The van der Waals surface area contributed by atoms with Crippen molar-refractivity contribution in [3.63, 3.8) is 0 Å². The first-order valence-electron chi connectivity index (χ1n) is 4.21. The number of benzene rings is 1. The number of carbonyl (C=O) groups excluding carboxylic acids is 1. The van der Waals surface area contributed by atoms with E-state index >= 15 is 0 Å². The number of nitrogens with one attached hydrogen (secondary N) is 1. The van der Waals surface area contributed by atoms with Crippen LogP contribution in [0, 0.1) is 6.92 Å². The fourth-order valence-electron chi connectivity index (χ4n) is 1.06. The lowest BCUT2D eigenvalue weighted by molar-refractivity contribution is -0.118. The zero-order valence-corrected chi connectivity index (χ0v) is 10.2. The SMILES string of the molecule is Cc1cc(CNC(=O)CCl)ccc1Br. The van der Waals surface area contributed by atoms with Crippen LogP contribution < -0.4 is 5.32 Å². The Kier molecular flexibility index (Phi) is 4.42. The van der Waals surface area contributed by atoms with Crippen LogP contribution in [-0.2, 0) is 11.3 Å². The summed E-state index contributed by atoms with van der Waals surface area (Å²) in [5, 5.41) is 2.71. The number of alkyl halides is 1. The minimum Gasteiger partial charge on any atom is -0.351 e. The largest absolute Gasteiger partial charge is 0.351 e. The van der Waals surface area contributed by atoms with Crippen molar-refractivity contribution in [2.24, 2.45) is 0 Å². The quantitative estimate of drug-likeness (QED) is 0.845. The lowest BCUT2D eigenvalue weighted by Gasteiger charge is -2.05. The standard InChI is InChI=1S/C10H11BrClNO/c1-7-4-8(2-3-9(7)11)6-13-10(14)5-12/h2-4H,5-6H2,1H3,(H,13,14). The van der Waals surface area contributed by atoms with Crippen LogP contribution in [0.25, 0.3) is 0 Å². The average Bonchev–Trinajstić information content (AvgIpc) is 2.19. The van der Waals surface area contributed by atoms with Gasteiger partial charge in [0.2, 0.25) is 5.91 Å². The van der Waals surface area contributed by atoms with E-state index < -0.39 is 0 Å². The summed E-state index contributed by atoms with van der Waals surface area (Å²) in [6.45, 7) is 2.54. The van der Waals surface area contributed by atoms with Gasteiger partial charge in [0.05, 0.1) is 0 Å². The highest BCUT2D eigenvalue weighted by atomic mass is 79.9. The van der Waals surface area contributed by atoms with Crippen molar-refractivity contribution < 1.29 is 4.79 Å². The molecule has 0 saturated carbocycles. The van der Waals surface area contributed by atoms with Gasteiger partial charge in [0.15, 0.2) is 0 Å². The normalized spacial score (nSPS) is 9.93. The van der Waals surface area contributed by atoms with Crippen molar-refractivity contribution in [1.82, 2.24) is 5.32 Å². The Balaban J connectivity index is 2.60. The maximum Gasteiger partial charge on any atom is 0.235 e. The predicted molar refractivity (Wildman–Crippen MR) is 61.4 cm³/mol. The Bertz CT molecular complexity index is 341. The molecule has 2 nitrogen and oxygen atoms in total. The van der Waals surface area contributed by atoms with Gasteiger partial charge in [0.1, 0.15) is 5.88 Å². The van der Waals surface area contributed by atoms with E-state index in [1.165, 1.54) is 0 Å². The smallest absolute Gasteiger partial charge is 0.235 e. The molecule has 14 heavy (non-hydrogen) atoms. The molecular formula is C10H11BrClNO. The van der Waals surface area contributed by atoms with Gasteiger partial charge >= 0.3 is 0 Å². The lowest BCUT2D eigenvalue weighted by Crippen LogP contribution is -2.23. The molecule has 4 heteroatoms. The van der Waals surface area contributed by atoms with Gasteiger partial charge in [-0.2, -0.15) is 0 Å². The maximum absolute atomic E-state index is 10.9. The average molecular weight is 277 g/mol. The molecule has 1 aromatic carbocycles. The van der Waals surface area contributed by atoms with Crippen molar-refractivity contribution in [2.45, 2.75) is 13.5 Å². The Morgan fingerprint density at radius 1 is 1.57 bits per heavy atom. The van der Waals surface area contributed by atoms with Gasteiger partial charge in [-0.25, -0.2) is 0 Å². The second-order valence-electron chi connectivity index (χ2n) is 2.99. The summed E-state index contributed by atoms with van der Waals surface area (Å²) >= 11 is 8.77. The van der Waals surface area contributed by atoms with E-state index in [-0.39, 0.29) is 11.8 Å². The van der Waals surface area contributed by atoms with E-state index in [9.17, 15) is 4.79 Å². The Morgan fingerprint density at radius 3 is 2.86 bits per heavy atom. The van der Waals surface area contributed by atoms with Crippen molar-refractivity contribution in [3.05, 3.63) is 33.8 Å². The number of aryl methyl sites for hydroxylation is 1. The van der Waals surface area contributed by atoms with Crippen molar-refractivity contribution in [1.29, 1.82) is 0 Å². The molecule has 0 saturated heterocycles. The number of halogens is 2. The number of hydrogen-bond acceptors (Lipinski definition) is 1. The fourth-order valence-corrected chi connectivity index (χ4v) is 1.41. The van der Waals surface area contributed by atoms with Crippen LogP contribution in [-0.4, -0.2) is 11.8 Å². The van der Waals surface area contributed by atoms with Crippen LogP contribution in [0.1, 0.15) is 11.1 Å². The second kappa shape index (κ2) is 5.37. The van der Waals surface area contributed by atoms with Gasteiger partial charge in [0, 0.05) is 11.0 Å². The summed E-state index contributed by atoms with van der Waals surface area (Å²) in [5.41, 5.74) is 2.23. The van der Waals surface area contributed by atoms with Crippen LogP contribution in [0.15, 0.2) is 22.7 Å². The molecule has 0 atom stereocenters. The Hall–Kier alpha value is -0.540. The molecule has 0 bridgehead atoms. The van der Waals surface area contributed by atoms with E-state index in [2.05, 4.69) is 21.2 Å².